The molecule has 152 valence electrons. The molecule has 0 bridgehead atoms. The number of hydrogen-bond acceptors (Lipinski definition) is 5. The lowest BCUT2D eigenvalue weighted by atomic mass is 9.94. The van der Waals surface area contributed by atoms with Gasteiger partial charge < -0.3 is 19.8 Å². The van der Waals surface area contributed by atoms with Crippen molar-refractivity contribution in [1.82, 2.24) is 4.90 Å². The molecule has 0 aromatic heterocycles. The highest BCUT2D eigenvalue weighted by atomic mass is 16.5. The summed E-state index contributed by atoms with van der Waals surface area (Å²) in [5.41, 5.74) is 1.10. The molecule has 1 amide bonds. The van der Waals surface area contributed by atoms with Crippen molar-refractivity contribution in [3.05, 3.63) is 83.4 Å². The number of phenols is 1. The standard InChI is InChI=1S/C24H21NO5/c1-30-13-12-25-21(16-8-10-19(26)11-9-16)20(23(28)24(25)29)22(27)18-7-6-15-4-2-3-5-17(15)14-18/h2-11,14,21,26-27H,12-13H2,1H3/b22-20-. The highest BCUT2D eigenvalue weighted by molar-refractivity contribution is 6.46. The summed E-state index contributed by atoms with van der Waals surface area (Å²) in [6, 6.07) is 18.6. The molecule has 1 aliphatic heterocycles. The van der Waals surface area contributed by atoms with Crippen LogP contribution in [0.4, 0.5) is 0 Å². The number of Topliss-reactive ketones (excluding diaryl/α,β-unsaturated/α-hetero) is 1. The van der Waals surface area contributed by atoms with Gasteiger partial charge in [0.2, 0.25) is 0 Å². The number of rotatable bonds is 5. The topological polar surface area (TPSA) is 87.1 Å². The molecule has 3 aromatic carbocycles. The summed E-state index contributed by atoms with van der Waals surface area (Å²) in [4.78, 5) is 27.0. The van der Waals surface area contributed by atoms with Gasteiger partial charge in [-0.1, -0.05) is 48.5 Å². The van der Waals surface area contributed by atoms with E-state index in [2.05, 4.69) is 0 Å². The Labute approximate surface area is 173 Å². The zero-order chi connectivity index (χ0) is 21.3. The van der Waals surface area contributed by atoms with Gasteiger partial charge in [-0.3, -0.25) is 9.59 Å². The van der Waals surface area contributed by atoms with E-state index in [0.717, 1.165) is 10.8 Å². The van der Waals surface area contributed by atoms with Crippen molar-refractivity contribution in [3.8, 4) is 5.75 Å². The Morgan fingerprint density at radius 3 is 2.40 bits per heavy atom. The average Bonchev–Trinajstić information content (AvgIpc) is 3.02. The van der Waals surface area contributed by atoms with Gasteiger partial charge in [-0.2, -0.15) is 0 Å². The van der Waals surface area contributed by atoms with Crippen LogP contribution in [0.15, 0.2) is 72.3 Å². The van der Waals surface area contributed by atoms with Crippen molar-refractivity contribution in [3.63, 3.8) is 0 Å². The number of nitrogens with zero attached hydrogens (tertiary/aromatic N) is 1. The first-order valence-corrected chi connectivity index (χ1v) is 9.56. The fraction of sp³-hybridized carbons (Fsp3) is 0.167. The molecule has 0 saturated carbocycles. The summed E-state index contributed by atoms with van der Waals surface area (Å²) in [6.45, 7) is 0.443. The van der Waals surface area contributed by atoms with Crippen molar-refractivity contribution in [2.24, 2.45) is 0 Å². The molecule has 1 atom stereocenters. The molecule has 0 aliphatic carbocycles. The smallest absolute Gasteiger partial charge is 0.295 e. The first-order valence-electron chi connectivity index (χ1n) is 9.56. The number of fused-ring (bicyclic) bond motifs is 1. The van der Waals surface area contributed by atoms with Crippen molar-refractivity contribution < 1.29 is 24.5 Å². The maximum absolute atomic E-state index is 12.9. The SMILES string of the molecule is COCCN1C(=O)C(=O)/C(=C(\O)c2ccc3ccccc3c2)C1c1ccc(O)cc1. The molecule has 1 unspecified atom stereocenters. The van der Waals surface area contributed by atoms with E-state index < -0.39 is 17.7 Å². The number of methoxy groups -OCH3 is 1. The zero-order valence-corrected chi connectivity index (χ0v) is 16.4. The number of ether oxygens (including phenoxy) is 1. The molecule has 1 fully saturated rings. The molecule has 4 rings (SSSR count). The fourth-order valence-electron chi connectivity index (χ4n) is 3.80. The Balaban J connectivity index is 1.87. The van der Waals surface area contributed by atoms with E-state index in [1.54, 1.807) is 24.3 Å². The Morgan fingerprint density at radius 2 is 1.70 bits per heavy atom. The van der Waals surface area contributed by atoms with Crippen LogP contribution in [0.25, 0.3) is 16.5 Å². The molecular weight excluding hydrogens is 382 g/mol. The van der Waals surface area contributed by atoms with Gasteiger partial charge in [0.1, 0.15) is 11.5 Å². The van der Waals surface area contributed by atoms with E-state index >= 15 is 0 Å². The summed E-state index contributed by atoms with van der Waals surface area (Å²) in [5, 5.41) is 22.6. The van der Waals surface area contributed by atoms with Crippen LogP contribution in [0.1, 0.15) is 17.2 Å². The van der Waals surface area contributed by atoms with Crippen LogP contribution < -0.4 is 0 Å². The maximum Gasteiger partial charge on any atom is 0.295 e. The number of aliphatic hydroxyl groups is 1. The van der Waals surface area contributed by atoms with E-state index in [4.69, 9.17) is 4.74 Å². The Morgan fingerprint density at radius 1 is 1.00 bits per heavy atom. The largest absolute Gasteiger partial charge is 0.508 e. The first-order chi connectivity index (χ1) is 14.5. The van der Waals surface area contributed by atoms with Gasteiger partial charge in [0.05, 0.1) is 18.2 Å². The van der Waals surface area contributed by atoms with Gasteiger partial charge in [-0.05, 0) is 34.5 Å². The number of carbonyl (C=O) groups is 2. The molecule has 3 aromatic rings. The highest BCUT2D eigenvalue weighted by Crippen LogP contribution is 2.39. The van der Waals surface area contributed by atoms with Crippen LogP contribution in [0.3, 0.4) is 0 Å². The summed E-state index contributed by atoms with van der Waals surface area (Å²) in [5.74, 6) is -1.58. The van der Waals surface area contributed by atoms with Crippen LogP contribution in [0.5, 0.6) is 5.75 Å². The second kappa shape index (κ2) is 8.00. The predicted molar refractivity (Wildman–Crippen MR) is 113 cm³/mol. The normalized spacial score (nSPS) is 18.3. The zero-order valence-electron chi connectivity index (χ0n) is 16.4. The molecule has 2 N–H and O–H groups in total. The lowest BCUT2D eigenvalue weighted by Crippen LogP contribution is -2.32. The molecule has 6 nitrogen and oxygen atoms in total. The van der Waals surface area contributed by atoms with Gasteiger partial charge in [0.15, 0.2) is 0 Å². The minimum absolute atomic E-state index is 0.0251. The average molecular weight is 403 g/mol. The Bertz CT molecular complexity index is 1150. The van der Waals surface area contributed by atoms with Crippen LogP contribution in [-0.4, -0.2) is 47.1 Å². The van der Waals surface area contributed by atoms with Gasteiger partial charge in [0, 0.05) is 19.2 Å². The van der Waals surface area contributed by atoms with Crippen molar-refractivity contribution in [2.75, 3.05) is 20.3 Å². The number of aromatic hydroxyl groups is 1. The number of amides is 1. The Kier molecular flexibility index (Phi) is 5.25. The Hall–Kier alpha value is -3.64. The highest BCUT2D eigenvalue weighted by Gasteiger charge is 2.45. The monoisotopic (exact) mass is 403 g/mol. The number of likely N-dealkylation sites (tertiary alicyclic amines) is 1. The van der Waals surface area contributed by atoms with Crippen molar-refractivity contribution >= 4 is 28.2 Å². The maximum atomic E-state index is 12.9. The van der Waals surface area contributed by atoms with E-state index in [0.29, 0.717) is 11.1 Å². The molecule has 1 saturated heterocycles. The summed E-state index contributed by atoms with van der Waals surface area (Å²) in [7, 11) is 1.52. The second-order valence-electron chi connectivity index (χ2n) is 7.14. The third-order valence-corrected chi connectivity index (χ3v) is 5.31. The van der Waals surface area contributed by atoms with Crippen LogP contribution in [0.2, 0.25) is 0 Å². The predicted octanol–water partition coefficient (Wildman–Crippen LogP) is 3.61. The minimum atomic E-state index is -0.771. The van der Waals surface area contributed by atoms with Crippen LogP contribution in [0, 0.1) is 0 Å². The van der Waals surface area contributed by atoms with E-state index in [-0.39, 0.29) is 30.2 Å². The minimum Gasteiger partial charge on any atom is -0.508 e. The van der Waals surface area contributed by atoms with Crippen molar-refractivity contribution in [2.45, 2.75) is 6.04 Å². The number of aliphatic hydroxyl groups excluding tert-OH is 1. The second-order valence-corrected chi connectivity index (χ2v) is 7.14. The van der Waals surface area contributed by atoms with Gasteiger partial charge >= 0.3 is 0 Å². The number of phenolic OH excluding ortho intramolecular Hbond substituents is 1. The quantitative estimate of drug-likeness (QED) is 0.386. The molecule has 30 heavy (non-hydrogen) atoms. The van der Waals surface area contributed by atoms with E-state index in [1.165, 1.54) is 24.1 Å². The van der Waals surface area contributed by atoms with E-state index in [1.807, 2.05) is 30.3 Å². The van der Waals surface area contributed by atoms with Gasteiger partial charge in [-0.25, -0.2) is 0 Å². The molecule has 0 radical (unpaired) electrons. The molecule has 6 heteroatoms. The summed E-state index contributed by atoms with van der Waals surface area (Å²) in [6.07, 6.45) is 0. The molecule has 1 aliphatic rings. The third kappa shape index (κ3) is 3.42. The lowest BCUT2D eigenvalue weighted by Gasteiger charge is -2.25. The number of carbonyl (C=O) groups excluding carboxylic acids is 2. The molecule has 1 heterocycles. The molecule has 0 spiro atoms. The summed E-state index contributed by atoms with van der Waals surface area (Å²) >= 11 is 0. The van der Waals surface area contributed by atoms with Crippen molar-refractivity contribution in [1.29, 1.82) is 0 Å². The number of ketones is 1. The van der Waals surface area contributed by atoms with Crippen LogP contribution >= 0.6 is 0 Å². The lowest BCUT2D eigenvalue weighted by molar-refractivity contribution is -0.140. The number of benzene rings is 3. The van der Waals surface area contributed by atoms with Crippen LogP contribution in [-0.2, 0) is 14.3 Å². The first kappa shape index (κ1) is 19.7. The third-order valence-electron chi connectivity index (χ3n) is 5.31. The van der Waals surface area contributed by atoms with Gasteiger partial charge in [-0.15, -0.1) is 0 Å². The van der Waals surface area contributed by atoms with Gasteiger partial charge in [0.25, 0.3) is 11.7 Å². The number of hydrogen-bond donors (Lipinski definition) is 2. The fourth-order valence-corrected chi connectivity index (χ4v) is 3.80. The van der Waals surface area contributed by atoms with E-state index in [9.17, 15) is 19.8 Å². The summed E-state index contributed by atoms with van der Waals surface area (Å²) < 4.78 is 5.10. The molecular formula is C24H21NO5.